The Labute approximate surface area is 121 Å². The number of benzene rings is 1. The van der Waals surface area contributed by atoms with Crippen molar-refractivity contribution in [2.75, 3.05) is 7.11 Å². The second-order valence-electron chi connectivity index (χ2n) is 4.13. The molecule has 0 amide bonds. The van der Waals surface area contributed by atoms with Crippen LogP contribution in [0.15, 0.2) is 47.1 Å². The molecule has 1 heterocycles. The molecular formula is C14H16BrN3O. The van der Waals surface area contributed by atoms with Gasteiger partial charge < -0.3 is 4.74 Å². The summed E-state index contributed by atoms with van der Waals surface area (Å²) in [6.45, 7) is 0. The molecule has 0 aliphatic rings. The van der Waals surface area contributed by atoms with Crippen molar-refractivity contribution >= 4 is 15.9 Å². The molecule has 0 radical (unpaired) electrons. The molecule has 19 heavy (non-hydrogen) atoms. The minimum atomic E-state index is -0.0284. The molecule has 0 spiro atoms. The van der Waals surface area contributed by atoms with Crippen LogP contribution < -0.4 is 16.0 Å². The monoisotopic (exact) mass is 321 g/mol. The maximum Gasteiger partial charge on any atom is 0.119 e. The molecule has 0 bridgehead atoms. The molecule has 0 saturated heterocycles. The summed E-state index contributed by atoms with van der Waals surface area (Å²) in [5.41, 5.74) is 4.87. The molecule has 3 N–H and O–H groups in total. The molecule has 0 aliphatic carbocycles. The van der Waals surface area contributed by atoms with Gasteiger partial charge in [-0.15, -0.1) is 0 Å². The topological polar surface area (TPSA) is 60.2 Å². The van der Waals surface area contributed by atoms with Crippen molar-refractivity contribution in [3.8, 4) is 5.75 Å². The number of halogens is 1. The summed E-state index contributed by atoms with van der Waals surface area (Å²) in [5, 5.41) is 0. The van der Waals surface area contributed by atoms with Gasteiger partial charge in [0, 0.05) is 22.8 Å². The third kappa shape index (κ3) is 3.53. The quantitative estimate of drug-likeness (QED) is 0.656. The highest BCUT2D eigenvalue weighted by atomic mass is 79.9. The average Bonchev–Trinajstić information content (AvgIpc) is 2.47. The summed E-state index contributed by atoms with van der Waals surface area (Å²) in [7, 11) is 1.65. The minimum absolute atomic E-state index is 0.0284. The number of hydrogen-bond donors (Lipinski definition) is 2. The Bertz CT molecular complexity index is 533. The summed E-state index contributed by atoms with van der Waals surface area (Å²) in [5.74, 6) is 6.48. The van der Waals surface area contributed by atoms with Crippen LogP contribution in [0.25, 0.3) is 0 Å². The first-order valence-corrected chi connectivity index (χ1v) is 6.73. The highest BCUT2D eigenvalue weighted by molar-refractivity contribution is 9.10. The fourth-order valence-corrected chi connectivity index (χ4v) is 2.43. The highest BCUT2D eigenvalue weighted by Gasteiger charge is 2.15. The van der Waals surface area contributed by atoms with E-state index in [0.29, 0.717) is 6.42 Å². The van der Waals surface area contributed by atoms with E-state index < -0.39 is 0 Å². The van der Waals surface area contributed by atoms with Gasteiger partial charge in [0.1, 0.15) is 5.75 Å². The van der Waals surface area contributed by atoms with Gasteiger partial charge >= 0.3 is 0 Å². The maximum absolute atomic E-state index is 5.67. The Kier molecular flexibility index (Phi) is 4.90. The van der Waals surface area contributed by atoms with Crippen LogP contribution >= 0.6 is 15.9 Å². The van der Waals surface area contributed by atoms with Crippen LogP contribution in [0.5, 0.6) is 5.75 Å². The predicted octanol–water partition coefficient (Wildman–Crippen LogP) is 2.60. The normalized spacial score (nSPS) is 12.2. The summed E-state index contributed by atoms with van der Waals surface area (Å²) >= 11 is 3.54. The summed E-state index contributed by atoms with van der Waals surface area (Å²) in [6, 6.07) is 11.7. The van der Waals surface area contributed by atoms with Gasteiger partial charge in [-0.25, -0.2) is 0 Å². The van der Waals surface area contributed by atoms with Crippen LogP contribution in [0.4, 0.5) is 0 Å². The van der Waals surface area contributed by atoms with E-state index in [4.69, 9.17) is 10.6 Å². The lowest BCUT2D eigenvalue weighted by molar-refractivity contribution is 0.412. The molecule has 1 aromatic carbocycles. The van der Waals surface area contributed by atoms with Gasteiger partial charge in [0.15, 0.2) is 0 Å². The van der Waals surface area contributed by atoms with Gasteiger partial charge in [0.2, 0.25) is 0 Å². The molecule has 4 nitrogen and oxygen atoms in total. The third-order valence-electron chi connectivity index (χ3n) is 2.92. The summed E-state index contributed by atoms with van der Waals surface area (Å²) in [4.78, 5) is 4.32. The molecule has 0 saturated carbocycles. The van der Waals surface area contributed by atoms with Crippen LogP contribution in [0.3, 0.4) is 0 Å². The van der Waals surface area contributed by atoms with E-state index in [1.165, 1.54) is 0 Å². The zero-order valence-electron chi connectivity index (χ0n) is 10.6. The van der Waals surface area contributed by atoms with Crippen molar-refractivity contribution in [1.82, 2.24) is 10.4 Å². The zero-order valence-corrected chi connectivity index (χ0v) is 12.2. The van der Waals surface area contributed by atoms with Crippen LogP contribution in [0.2, 0.25) is 0 Å². The molecule has 100 valence electrons. The molecule has 2 rings (SSSR count). The molecule has 0 fully saturated rings. The van der Waals surface area contributed by atoms with Crippen LogP contribution in [-0.2, 0) is 6.42 Å². The van der Waals surface area contributed by atoms with Crippen molar-refractivity contribution in [3.05, 3.63) is 58.3 Å². The Morgan fingerprint density at radius 3 is 2.84 bits per heavy atom. The number of nitrogens with zero attached hydrogens (tertiary/aromatic N) is 1. The minimum Gasteiger partial charge on any atom is -0.497 e. The van der Waals surface area contributed by atoms with Crippen molar-refractivity contribution in [2.24, 2.45) is 5.84 Å². The largest absolute Gasteiger partial charge is 0.497 e. The van der Waals surface area contributed by atoms with Gasteiger partial charge in [-0.3, -0.25) is 16.3 Å². The lowest BCUT2D eigenvalue weighted by Crippen LogP contribution is -2.30. The van der Waals surface area contributed by atoms with Crippen LogP contribution in [0.1, 0.15) is 17.3 Å². The standard InChI is InChI=1S/C14H16BrN3O/c1-19-11-5-6-13(15)12(9-11)14(18-16)8-10-4-2-3-7-17-10/h2-7,9,14,18H,8,16H2,1H3. The molecule has 0 aliphatic heterocycles. The van der Waals surface area contributed by atoms with Gasteiger partial charge in [-0.05, 0) is 35.9 Å². The number of hydrazine groups is 1. The Balaban J connectivity index is 2.26. The van der Waals surface area contributed by atoms with Crippen molar-refractivity contribution < 1.29 is 4.74 Å². The van der Waals surface area contributed by atoms with E-state index in [0.717, 1.165) is 21.5 Å². The van der Waals surface area contributed by atoms with Crippen molar-refractivity contribution in [2.45, 2.75) is 12.5 Å². The molecule has 2 aromatic rings. The predicted molar refractivity (Wildman–Crippen MR) is 78.7 cm³/mol. The average molecular weight is 322 g/mol. The number of hydrogen-bond acceptors (Lipinski definition) is 4. The molecule has 1 atom stereocenters. The van der Waals surface area contributed by atoms with Crippen molar-refractivity contribution in [3.63, 3.8) is 0 Å². The number of nitrogens with two attached hydrogens (primary N) is 1. The Hall–Kier alpha value is -1.43. The van der Waals surface area contributed by atoms with Crippen molar-refractivity contribution in [1.29, 1.82) is 0 Å². The van der Waals surface area contributed by atoms with E-state index in [9.17, 15) is 0 Å². The van der Waals surface area contributed by atoms with Gasteiger partial charge in [-0.2, -0.15) is 0 Å². The Morgan fingerprint density at radius 1 is 1.37 bits per heavy atom. The number of ether oxygens (including phenoxy) is 1. The molecule has 1 aromatic heterocycles. The third-order valence-corrected chi connectivity index (χ3v) is 3.64. The second-order valence-corrected chi connectivity index (χ2v) is 4.99. The SMILES string of the molecule is COc1ccc(Br)c(C(Cc2ccccn2)NN)c1. The van der Waals surface area contributed by atoms with Crippen LogP contribution in [-0.4, -0.2) is 12.1 Å². The first kappa shape index (κ1) is 14.0. The summed E-state index contributed by atoms with van der Waals surface area (Å²) in [6.07, 6.45) is 2.49. The molecule has 1 unspecified atom stereocenters. The number of aromatic nitrogens is 1. The van der Waals surface area contributed by atoms with E-state index in [1.54, 1.807) is 13.3 Å². The summed E-state index contributed by atoms with van der Waals surface area (Å²) < 4.78 is 6.24. The van der Waals surface area contributed by atoms with E-state index in [-0.39, 0.29) is 6.04 Å². The van der Waals surface area contributed by atoms with Gasteiger partial charge in [0.05, 0.1) is 13.2 Å². The van der Waals surface area contributed by atoms with E-state index in [1.807, 2.05) is 36.4 Å². The van der Waals surface area contributed by atoms with E-state index >= 15 is 0 Å². The van der Waals surface area contributed by atoms with Gasteiger partial charge in [0.25, 0.3) is 0 Å². The first-order chi connectivity index (χ1) is 9.24. The maximum atomic E-state index is 5.67. The number of nitrogens with one attached hydrogen (secondary N) is 1. The zero-order chi connectivity index (χ0) is 13.7. The number of rotatable bonds is 5. The molecular weight excluding hydrogens is 306 g/mol. The fourth-order valence-electron chi connectivity index (χ4n) is 1.90. The number of methoxy groups -OCH3 is 1. The van der Waals surface area contributed by atoms with Crippen LogP contribution in [0, 0.1) is 0 Å². The van der Waals surface area contributed by atoms with Gasteiger partial charge in [-0.1, -0.05) is 22.0 Å². The Morgan fingerprint density at radius 2 is 2.21 bits per heavy atom. The lowest BCUT2D eigenvalue weighted by Gasteiger charge is -2.18. The highest BCUT2D eigenvalue weighted by Crippen LogP contribution is 2.29. The second kappa shape index (κ2) is 6.65. The smallest absolute Gasteiger partial charge is 0.119 e. The molecule has 5 heteroatoms. The fraction of sp³-hybridized carbons (Fsp3) is 0.214. The number of pyridine rings is 1. The van der Waals surface area contributed by atoms with E-state index in [2.05, 4.69) is 26.3 Å². The lowest BCUT2D eigenvalue weighted by atomic mass is 10.0. The first-order valence-electron chi connectivity index (χ1n) is 5.94.